The number of halogens is 1. The summed E-state index contributed by atoms with van der Waals surface area (Å²) in [7, 11) is 2.94. The average molecular weight is 686 g/mol. The lowest BCUT2D eigenvalue weighted by Gasteiger charge is -2.19. The molecule has 3 N–H and O–H groups in total. The first kappa shape index (κ1) is 36.2. The number of nitrogens with one attached hydrogen (secondary N) is 3. The molecule has 0 spiro atoms. The minimum absolute atomic E-state index is 0.00767. The van der Waals surface area contributed by atoms with Gasteiger partial charge in [0.1, 0.15) is 28.7 Å². The number of amides is 3. The molecule has 0 saturated carbocycles. The lowest BCUT2D eigenvalue weighted by atomic mass is 9.97. The summed E-state index contributed by atoms with van der Waals surface area (Å²) in [5, 5.41) is 19.0. The number of nitrogens with zero attached hydrogens (tertiary/aromatic N) is 2. The summed E-state index contributed by atoms with van der Waals surface area (Å²) in [6.07, 6.45) is -0.628. The van der Waals surface area contributed by atoms with Crippen molar-refractivity contribution in [3.63, 3.8) is 0 Å². The summed E-state index contributed by atoms with van der Waals surface area (Å²) in [6, 6.07) is 22.4. The smallest absolute Gasteiger partial charge is 0.407 e. The van der Waals surface area contributed by atoms with Crippen LogP contribution < -0.4 is 25.4 Å². The lowest BCUT2D eigenvalue weighted by molar-refractivity contribution is -0.116. The Morgan fingerprint density at radius 3 is 2.41 bits per heavy atom. The minimum atomic E-state index is -0.662. The van der Waals surface area contributed by atoms with E-state index < -0.39 is 17.6 Å². The van der Waals surface area contributed by atoms with E-state index in [0.717, 1.165) is 0 Å². The van der Waals surface area contributed by atoms with Gasteiger partial charge in [-0.3, -0.25) is 9.59 Å². The number of methoxy groups -OCH3 is 2. The summed E-state index contributed by atoms with van der Waals surface area (Å²) >= 11 is 6.27. The first-order valence-corrected chi connectivity index (χ1v) is 15.5. The molecule has 0 aliphatic rings. The van der Waals surface area contributed by atoms with Crippen LogP contribution in [0.4, 0.5) is 16.3 Å². The first-order valence-electron chi connectivity index (χ1n) is 15.1. The standard InChI is InChI=1S/C36H36ClN5O7/c1-36(2,3)49-35(45)39-16-15-32(43)40-24-10-8-9-22(17-24)27-19-29(25-14-13-23(37)18-31(25)48-21-46-4)41-33(28(27)20-38)42-34(44)26-11-6-7-12-30(26)47-5/h6-14,17-19H,15-16,21H2,1-5H3,(H,39,45)(H,40,43)(H,41,42,44). The molecule has 1 heterocycles. The molecule has 3 aromatic carbocycles. The number of alkyl carbamates (subject to hydrolysis) is 1. The van der Waals surface area contributed by atoms with Crippen molar-refractivity contribution in [1.29, 1.82) is 5.26 Å². The van der Waals surface area contributed by atoms with Crippen molar-refractivity contribution in [3.8, 4) is 40.0 Å². The van der Waals surface area contributed by atoms with E-state index in [2.05, 4.69) is 27.0 Å². The minimum Gasteiger partial charge on any atom is -0.496 e. The summed E-state index contributed by atoms with van der Waals surface area (Å²) in [6.45, 7) is 5.24. The van der Waals surface area contributed by atoms with Gasteiger partial charge in [0.2, 0.25) is 5.91 Å². The van der Waals surface area contributed by atoms with Gasteiger partial charge >= 0.3 is 6.09 Å². The molecule has 4 aromatic rings. The molecule has 0 bridgehead atoms. The van der Waals surface area contributed by atoms with E-state index >= 15 is 0 Å². The highest BCUT2D eigenvalue weighted by molar-refractivity contribution is 6.30. The van der Waals surface area contributed by atoms with Gasteiger partial charge in [0.15, 0.2) is 12.6 Å². The molecule has 12 nitrogen and oxygen atoms in total. The SMILES string of the molecule is COCOc1cc(Cl)ccc1-c1cc(-c2cccc(NC(=O)CCNC(=O)OC(C)(C)C)c2)c(C#N)c(NC(=O)c2ccccc2OC)n1. The Morgan fingerprint density at radius 1 is 0.918 bits per heavy atom. The molecule has 4 rings (SSSR count). The number of hydrogen-bond acceptors (Lipinski definition) is 9. The van der Waals surface area contributed by atoms with Gasteiger partial charge in [0.05, 0.1) is 18.4 Å². The van der Waals surface area contributed by atoms with Crippen molar-refractivity contribution >= 4 is 41.0 Å². The van der Waals surface area contributed by atoms with Crippen LogP contribution in [0.15, 0.2) is 72.8 Å². The zero-order valence-electron chi connectivity index (χ0n) is 27.7. The Labute approximate surface area is 289 Å². The molecule has 0 aliphatic heterocycles. The van der Waals surface area contributed by atoms with Gasteiger partial charge < -0.3 is 34.9 Å². The van der Waals surface area contributed by atoms with Gasteiger partial charge in [-0.25, -0.2) is 9.78 Å². The van der Waals surface area contributed by atoms with Gasteiger partial charge in [-0.05, 0) is 74.9 Å². The monoisotopic (exact) mass is 685 g/mol. The molecular formula is C36H36ClN5O7. The number of nitriles is 1. The molecule has 0 radical (unpaired) electrons. The second kappa shape index (κ2) is 16.5. The number of carbonyl (C=O) groups excluding carboxylic acids is 3. The van der Waals surface area contributed by atoms with Gasteiger partial charge in [-0.1, -0.05) is 35.9 Å². The van der Waals surface area contributed by atoms with Crippen molar-refractivity contribution in [1.82, 2.24) is 10.3 Å². The maximum atomic E-state index is 13.5. The summed E-state index contributed by atoms with van der Waals surface area (Å²) < 4.78 is 21.4. The van der Waals surface area contributed by atoms with Crippen LogP contribution >= 0.6 is 11.6 Å². The Morgan fingerprint density at radius 2 is 1.69 bits per heavy atom. The highest BCUT2D eigenvalue weighted by Crippen LogP contribution is 2.38. The molecular weight excluding hydrogens is 650 g/mol. The molecule has 49 heavy (non-hydrogen) atoms. The van der Waals surface area contributed by atoms with E-state index in [4.69, 9.17) is 30.5 Å². The Balaban J connectivity index is 1.73. The normalized spacial score (nSPS) is 10.8. The zero-order valence-corrected chi connectivity index (χ0v) is 28.4. The first-order chi connectivity index (χ1) is 23.4. The van der Waals surface area contributed by atoms with Gasteiger partial charge in [0, 0.05) is 41.9 Å². The van der Waals surface area contributed by atoms with Crippen LogP contribution in [-0.2, 0) is 14.3 Å². The van der Waals surface area contributed by atoms with E-state index in [1.54, 1.807) is 93.6 Å². The molecule has 1 aromatic heterocycles. The van der Waals surface area contributed by atoms with E-state index in [1.165, 1.54) is 14.2 Å². The van der Waals surface area contributed by atoms with E-state index in [1.807, 2.05) is 0 Å². The van der Waals surface area contributed by atoms with Crippen LogP contribution in [0.2, 0.25) is 5.02 Å². The van der Waals surface area contributed by atoms with Crippen molar-refractivity contribution in [2.24, 2.45) is 0 Å². The van der Waals surface area contributed by atoms with Crippen LogP contribution in [0, 0.1) is 11.3 Å². The van der Waals surface area contributed by atoms with Crippen LogP contribution in [0.25, 0.3) is 22.4 Å². The van der Waals surface area contributed by atoms with Crippen LogP contribution in [0.3, 0.4) is 0 Å². The second-order valence-corrected chi connectivity index (χ2v) is 12.0. The van der Waals surface area contributed by atoms with Crippen molar-refractivity contribution in [3.05, 3.63) is 88.9 Å². The highest BCUT2D eigenvalue weighted by atomic mass is 35.5. The third kappa shape index (κ3) is 9.93. The fourth-order valence-electron chi connectivity index (χ4n) is 4.65. The largest absolute Gasteiger partial charge is 0.496 e. The predicted octanol–water partition coefficient (Wildman–Crippen LogP) is 7.04. The van der Waals surface area contributed by atoms with Gasteiger partial charge in [0.25, 0.3) is 5.91 Å². The number of rotatable bonds is 12. The fourth-order valence-corrected chi connectivity index (χ4v) is 4.81. The van der Waals surface area contributed by atoms with Crippen LogP contribution in [0.1, 0.15) is 43.1 Å². The Hall–Kier alpha value is -5.64. The van der Waals surface area contributed by atoms with Crippen molar-refractivity contribution in [2.75, 3.05) is 38.2 Å². The molecule has 13 heteroatoms. The topological polar surface area (TPSA) is 161 Å². The fraction of sp³-hybridized carbons (Fsp3) is 0.250. The summed E-state index contributed by atoms with van der Waals surface area (Å²) in [4.78, 5) is 42.9. The van der Waals surface area contributed by atoms with Gasteiger partial charge in [-0.2, -0.15) is 5.26 Å². The van der Waals surface area contributed by atoms with Gasteiger partial charge in [-0.15, -0.1) is 0 Å². The number of pyridine rings is 1. The molecule has 0 fully saturated rings. The molecule has 0 aliphatic carbocycles. The van der Waals surface area contributed by atoms with E-state index in [-0.39, 0.29) is 42.6 Å². The molecule has 0 saturated heterocycles. The number of hydrogen-bond donors (Lipinski definition) is 3. The second-order valence-electron chi connectivity index (χ2n) is 11.5. The van der Waals surface area contributed by atoms with Crippen molar-refractivity contribution < 1.29 is 33.3 Å². The average Bonchev–Trinajstić information content (AvgIpc) is 3.06. The number of anilines is 2. The van der Waals surface area contributed by atoms with E-state index in [0.29, 0.717) is 44.6 Å². The van der Waals surface area contributed by atoms with Crippen LogP contribution in [-0.4, -0.2) is 56.0 Å². The quantitative estimate of drug-likeness (QED) is 0.133. The number of carbonyl (C=O) groups is 3. The van der Waals surface area contributed by atoms with E-state index in [9.17, 15) is 19.6 Å². The highest BCUT2D eigenvalue weighted by Gasteiger charge is 2.22. The Kier molecular flexibility index (Phi) is 12.2. The third-order valence-corrected chi connectivity index (χ3v) is 6.98. The maximum Gasteiger partial charge on any atom is 0.407 e. The molecule has 254 valence electrons. The number of ether oxygens (including phenoxy) is 4. The molecule has 0 atom stereocenters. The number of benzene rings is 3. The molecule has 3 amide bonds. The summed E-state index contributed by atoms with van der Waals surface area (Å²) in [5.41, 5.74) is 1.93. The van der Waals surface area contributed by atoms with Crippen LogP contribution in [0.5, 0.6) is 11.5 Å². The zero-order chi connectivity index (χ0) is 35.6. The number of aromatic nitrogens is 1. The summed E-state index contributed by atoms with van der Waals surface area (Å²) in [5.74, 6) is -0.207. The lowest BCUT2D eigenvalue weighted by Crippen LogP contribution is -2.34. The predicted molar refractivity (Wildman–Crippen MR) is 186 cm³/mol. The number of para-hydroxylation sites is 1. The molecule has 0 unspecified atom stereocenters. The van der Waals surface area contributed by atoms with Crippen molar-refractivity contribution in [2.45, 2.75) is 32.8 Å². The maximum absolute atomic E-state index is 13.5. The third-order valence-electron chi connectivity index (χ3n) is 6.74. The Bertz CT molecular complexity index is 1880.